The Hall–Kier alpha value is -1.51. The predicted molar refractivity (Wildman–Crippen MR) is 83.6 cm³/mol. The van der Waals surface area contributed by atoms with Gasteiger partial charge in [0, 0.05) is 57.2 Å². The van der Waals surface area contributed by atoms with E-state index in [2.05, 4.69) is 4.98 Å². The molecule has 7 nitrogen and oxygen atoms in total. The molecule has 2 rings (SSSR count). The highest BCUT2D eigenvalue weighted by molar-refractivity contribution is 7.86. The normalized spacial score (nSPS) is 17.0. The maximum absolute atomic E-state index is 12.4. The van der Waals surface area contributed by atoms with Gasteiger partial charge in [0.1, 0.15) is 0 Å². The van der Waals surface area contributed by atoms with Crippen LogP contribution in [0.25, 0.3) is 0 Å². The Balaban J connectivity index is 2.00. The molecule has 0 spiro atoms. The van der Waals surface area contributed by atoms with E-state index in [-0.39, 0.29) is 5.91 Å². The van der Waals surface area contributed by atoms with Crippen molar-refractivity contribution in [3.05, 3.63) is 30.1 Å². The number of piperazine rings is 1. The SMILES string of the molecule is CCN(CC)S(=O)(=O)N1CCN(C(=O)c2ccncc2)CC1. The monoisotopic (exact) mass is 326 g/mol. The molecule has 1 saturated heterocycles. The summed E-state index contributed by atoms with van der Waals surface area (Å²) in [5, 5.41) is 0. The van der Waals surface area contributed by atoms with Crippen molar-refractivity contribution in [3.8, 4) is 0 Å². The van der Waals surface area contributed by atoms with E-state index in [1.807, 2.05) is 13.8 Å². The summed E-state index contributed by atoms with van der Waals surface area (Å²) < 4.78 is 27.8. The first-order chi connectivity index (χ1) is 10.5. The van der Waals surface area contributed by atoms with Crippen LogP contribution in [0.4, 0.5) is 0 Å². The van der Waals surface area contributed by atoms with Crippen LogP contribution >= 0.6 is 0 Å². The summed E-state index contributed by atoms with van der Waals surface area (Å²) in [7, 11) is -3.42. The van der Waals surface area contributed by atoms with E-state index in [0.29, 0.717) is 44.8 Å². The van der Waals surface area contributed by atoms with Crippen LogP contribution in [0.15, 0.2) is 24.5 Å². The lowest BCUT2D eigenvalue weighted by molar-refractivity contribution is 0.0694. The highest BCUT2D eigenvalue weighted by atomic mass is 32.2. The smallest absolute Gasteiger partial charge is 0.282 e. The minimum atomic E-state index is -3.42. The first-order valence-corrected chi connectivity index (χ1v) is 8.85. The third kappa shape index (κ3) is 3.45. The van der Waals surface area contributed by atoms with Gasteiger partial charge in [0.25, 0.3) is 16.1 Å². The lowest BCUT2D eigenvalue weighted by atomic mass is 10.2. The quantitative estimate of drug-likeness (QED) is 0.786. The summed E-state index contributed by atoms with van der Waals surface area (Å²) in [6.07, 6.45) is 3.16. The van der Waals surface area contributed by atoms with Crippen LogP contribution in [0, 0.1) is 0 Å². The minimum absolute atomic E-state index is 0.0812. The molecule has 0 aromatic carbocycles. The first kappa shape index (κ1) is 16.9. The number of carbonyl (C=O) groups is 1. The summed E-state index contributed by atoms with van der Waals surface area (Å²) in [6, 6.07) is 3.34. The molecule has 0 saturated carbocycles. The molecule has 8 heteroatoms. The number of carbonyl (C=O) groups excluding carboxylic acids is 1. The van der Waals surface area contributed by atoms with Crippen LogP contribution in [0.1, 0.15) is 24.2 Å². The fourth-order valence-electron chi connectivity index (χ4n) is 2.51. The van der Waals surface area contributed by atoms with Crippen molar-refractivity contribution in [3.63, 3.8) is 0 Å². The van der Waals surface area contributed by atoms with Gasteiger partial charge >= 0.3 is 0 Å². The molecular weight excluding hydrogens is 304 g/mol. The summed E-state index contributed by atoms with van der Waals surface area (Å²) in [6.45, 7) is 6.02. The number of hydrogen-bond acceptors (Lipinski definition) is 4. The number of amides is 1. The molecule has 0 bridgehead atoms. The first-order valence-electron chi connectivity index (χ1n) is 7.45. The van der Waals surface area contributed by atoms with E-state index in [0.717, 1.165) is 0 Å². The van der Waals surface area contributed by atoms with Gasteiger partial charge in [-0.05, 0) is 12.1 Å². The number of hydrogen-bond donors (Lipinski definition) is 0. The Kier molecular flexibility index (Phi) is 5.49. The molecule has 0 unspecified atom stereocenters. The predicted octanol–water partition coefficient (Wildman–Crippen LogP) is 0.426. The lowest BCUT2D eigenvalue weighted by Gasteiger charge is -2.36. The van der Waals surface area contributed by atoms with Gasteiger partial charge in [-0.1, -0.05) is 13.8 Å². The zero-order valence-corrected chi connectivity index (χ0v) is 13.8. The minimum Gasteiger partial charge on any atom is -0.336 e. The number of nitrogens with zero attached hydrogens (tertiary/aromatic N) is 4. The number of pyridine rings is 1. The molecule has 1 aromatic rings. The van der Waals surface area contributed by atoms with E-state index in [1.54, 1.807) is 29.4 Å². The molecule has 0 radical (unpaired) electrons. The fraction of sp³-hybridized carbons (Fsp3) is 0.571. The lowest BCUT2D eigenvalue weighted by Crippen LogP contribution is -2.54. The van der Waals surface area contributed by atoms with Crippen LogP contribution in [0.5, 0.6) is 0 Å². The van der Waals surface area contributed by atoms with Crippen LogP contribution in [0.2, 0.25) is 0 Å². The van der Waals surface area contributed by atoms with Gasteiger partial charge in [-0.2, -0.15) is 17.0 Å². The third-order valence-electron chi connectivity index (χ3n) is 3.81. The fourth-order valence-corrected chi connectivity index (χ4v) is 4.12. The van der Waals surface area contributed by atoms with Crippen molar-refractivity contribution in [2.45, 2.75) is 13.8 Å². The zero-order chi connectivity index (χ0) is 16.2. The maximum Gasteiger partial charge on any atom is 0.282 e. The molecule has 1 aliphatic rings. The van der Waals surface area contributed by atoms with Gasteiger partial charge < -0.3 is 4.90 Å². The molecule has 1 aliphatic heterocycles. The highest BCUT2D eigenvalue weighted by Gasteiger charge is 2.32. The second-order valence-corrected chi connectivity index (χ2v) is 6.95. The Morgan fingerprint density at radius 2 is 1.68 bits per heavy atom. The molecule has 1 amide bonds. The average Bonchev–Trinajstić information content (AvgIpc) is 2.56. The van der Waals surface area contributed by atoms with E-state index in [4.69, 9.17) is 0 Å². The maximum atomic E-state index is 12.4. The highest BCUT2D eigenvalue weighted by Crippen LogP contribution is 2.14. The van der Waals surface area contributed by atoms with Gasteiger partial charge in [-0.15, -0.1) is 0 Å². The third-order valence-corrected chi connectivity index (χ3v) is 6.00. The molecular formula is C14H22N4O3S. The van der Waals surface area contributed by atoms with E-state index < -0.39 is 10.2 Å². The second kappa shape index (κ2) is 7.17. The van der Waals surface area contributed by atoms with Gasteiger partial charge in [0.15, 0.2) is 0 Å². The van der Waals surface area contributed by atoms with E-state index in [1.165, 1.54) is 8.61 Å². The Labute approximate surface area is 131 Å². The van der Waals surface area contributed by atoms with Crippen molar-refractivity contribution >= 4 is 16.1 Å². The van der Waals surface area contributed by atoms with Gasteiger partial charge in [-0.25, -0.2) is 0 Å². The Morgan fingerprint density at radius 1 is 1.14 bits per heavy atom. The number of aromatic nitrogens is 1. The van der Waals surface area contributed by atoms with Crippen molar-refractivity contribution in [1.29, 1.82) is 0 Å². The largest absolute Gasteiger partial charge is 0.336 e. The van der Waals surface area contributed by atoms with Crippen LogP contribution in [-0.2, 0) is 10.2 Å². The molecule has 1 aromatic heterocycles. The zero-order valence-electron chi connectivity index (χ0n) is 13.0. The summed E-state index contributed by atoms with van der Waals surface area (Å²) >= 11 is 0. The second-order valence-electron chi connectivity index (χ2n) is 5.02. The molecule has 0 aliphatic carbocycles. The summed E-state index contributed by atoms with van der Waals surface area (Å²) in [5.41, 5.74) is 0.579. The van der Waals surface area contributed by atoms with Crippen molar-refractivity contribution in [1.82, 2.24) is 18.5 Å². The molecule has 22 heavy (non-hydrogen) atoms. The molecule has 0 atom stereocenters. The van der Waals surface area contributed by atoms with Crippen molar-refractivity contribution in [2.24, 2.45) is 0 Å². The summed E-state index contributed by atoms with van der Waals surface area (Å²) in [4.78, 5) is 17.9. The Morgan fingerprint density at radius 3 is 2.18 bits per heavy atom. The van der Waals surface area contributed by atoms with E-state index >= 15 is 0 Å². The molecule has 122 valence electrons. The van der Waals surface area contributed by atoms with Crippen LogP contribution in [0.3, 0.4) is 0 Å². The van der Waals surface area contributed by atoms with Crippen molar-refractivity contribution in [2.75, 3.05) is 39.3 Å². The average molecular weight is 326 g/mol. The molecule has 1 fully saturated rings. The molecule has 0 N–H and O–H groups in total. The summed E-state index contributed by atoms with van der Waals surface area (Å²) in [5.74, 6) is -0.0812. The van der Waals surface area contributed by atoms with Gasteiger partial charge in [0.2, 0.25) is 0 Å². The van der Waals surface area contributed by atoms with Crippen LogP contribution < -0.4 is 0 Å². The Bertz CT molecular complexity index is 594. The van der Waals surface area contributed by atoms with Crippen LogP contribution in [-0.4, -0.2) is 72.1 Å². The van der Waals surface area contributed by atoms with Gasteiger partial charge in [0.05, 0.1) is 0 Å². The standard InChI is InChI=1S/C14H22N4O3S/c1-3-17(4-2)22(20,21)18-11-9-16(10-12-18)14(19)13-5-7-15-8-6-13/h5-8H,3-4,9-12H2,1-2H3. The van der Waals surface area contributed by atoms with E-state index in [9.17, 15) is 13.2 Å². The molecule has 2 heterocycles. The van der Waals surface area contributed by atoms with Gasteiger partial charge in [-0.3, -0.25) is 9.78 Å². The topological polar surface area (TPSA) is 73.8 Å². The number of rotatable bonds is 5. The van der Waals surface area contributed by atoms with Crippen molar-refractivity contribution < 1.29 is 13.2 Å².